The molecule has 0 heterocycles. The molecule has 0 aliphatic rings. The molecule has 0 radical (unpaired) electrons. The van der Waals surface area contributed by atoms with Gasteiger partial charge in [0.15, 0.2) is 6.54 Å². The Hall–Kier alpha value is -2.36. The van der Waals surface area contributed by atoms with Crippen LogP contribution in [0.1, 0.15) is 24.1 Å². The number of methoxy groups -OCH3 is 1. The number of carbonyl (C=O) groups is 1. The first kappa shape index (κ1) is 19.0. The van der Waals surface area contributed by atoms with Gasteiger partial charge in [-0.1, -0.05) is 12.1 Å². The Balaban J connectivity index is 1.86. The summed E-state index contributed by atoms with van der Waals surface area (Å²) in [5.74, 6) is 0.723. The molecule has 2 aromatic rings. The van der Waals surface area contributed by atoms with Crippen LogP contribution in [-0.4, -0.2) is 19.6 Å². The van der Waals surface area contributed by atoms with E-state index in [1.807, 2.05) is 47.8 Å². The number of carbonyl (C=O) groups excluding carboxylic acids is 1. The fourth-order valence-corrected chi connectivity index (χ4v) is 2.95. The monoisotopic (exact) mass is 402 g/mol. The van der Waals surface area contributed by atoms with Crippen LogP contribution in [0.15, 0.2) is 46.9 Å². The lowest BCUT2D eigenvalue weighted by atomic mass is 10.1. The summed E-state index contributed by atoms with van der Waals surface area (Å²) in [5, 5.41) is 13.5. The molecule has 5 nitrogen and oxygen atoms in total. The first-order valence-electron chi connectivity index (χ1n) is 7.96. The van der Waals surface area contributed by atoms with E-state index in [1.165, 1.54) is 0 Å². The molecule has 0 bridgehead atoms. The van der Waals surface area contributed by atoms with Crippen molar-refractivity contribution in [3.8, 4) is 11.8 Å². The van der Waals surface area contributed by atoms with Gasteiger partial charge in [-0.2, -0.15) is 5.26 Å². The second-order valence-electron chi connectivity index (χ2n) is 5.70. The second-order valence-corrected chi connectivity index (χ2v) is 6.56. The number of rotatable bonds is 7. The lowest BCUT2D eigenvalue weighted by Crippen LogP contribution is -2.86. The number of nitrogens with one attached hydrogen (secondary N) is 1. The molecule has 0 aliphatic heterocycles. The van der Waals surface area contributed by atoms with Crippen molar-refractivity contribution in [2.75, 3.05) is 19.0 Å². The van der Waals surface area contributed by atoms with Crippen LogP contribution in [0.2, 0.25) is 0 Å². The smallest absolute Gasteiger partial charge is 0.279 e. The zero-order valence-corrected chi connectivity index (χ0v) is 15.8. The van der Waals surface area contributed by atoms with Crippen LogP contribution in [-0.2, 0) is 11.2 Å². The normalized spacial score (nSPS) is 11.4. The zero-order valence-electron chi connectivity index (χ0n) is 14.3. The third-order valence-electron chi connectivity index (χ3n) is 3.88. The molecule has 6 heteroatoms. The predicted molar refractivity (Wildman–Crippen MR) is 100 cm³/mol. The molecule has 25 heavy (non-hydrogen) atoms. The highest BCUT2D eigenvalue weighted by Gasteiger charge is 2.13. The lowest BCUT2D eigenvalue weighted by Gasteiger charge is -2.13. The zero-order chi connectivity index (χ0) is 18.2. The average Bonchev–Trinajstić information content (AvgIpc) is 2.61. The van der Waals surface area contributed by atoms with Gasteiger partial charge >= 0.3 is 0 Å². The number of nitrogens with two attached hydrogens (primary N) is 1. The second kappa shape index (κ2) is 9.21. The highest BCUT2D eigenvalue weighted by atomic mass is 79.9. The summed E-state index contributed by atoms with van der Waals surface area (Å²) in [6, 6.07) is 15.5. The van der Waals surface area contributed by atoms with Crippen molar-refractivity contribution in [1.29, 1.82) is 5.26 Å². The highest BCUT2D eigenvalue weighted by molar-refractivity contribution is 9.10. The SMILES string of the molecule is COc1ccc([C@H](C)[NH2+]CC(=O)Nc2ccc(CC#N)cc2)cc1Br. The van der Waals surface area contributed by atoms with E-state index in [0.29, 0.717) is 13.0 Å². The Labute approximate surface area is 156 Å². The third kappa shape index (κ3) is 5.59. The number of halogens is 1. The number of quaternary nitrogens is 1. The maximum absolute atomic E-state index is 12.1. The molecule has 1 atom stereocenters. The van der Waals surface area contributed by atoms with E-state index in [4.69, 9.17) is 10.00 Å². The standard InChI is InChI=1S/C19H20BrN3O2/c1-13(15-5-8-18(25-2)17(20)11-15)22-12-19(24)23-16-6-3-14(4-7-16)9-10-21/h3-8,11,13,22H,9,12H2,1-2H3,(H,23,24)/p+1/t13-/m0/s1. The van der Waals surface area contributed by atoms with Crippen molar-refractivity contribution in [2.24, 2.45) is 0 Å². The minimum Gasteiger partial charge on any atom is -0.496 e. The summed E-state index contributed by atoms with van der Waals surface area (Å²) in [4.78, 5) is 12.1. The maximum atomic E-state index is 12.1. The predicted octanol–water partition coefficient (Wildman–Crippen LogP) is 2.79. The van der Waals surface area contributed by atoms with E-state index in [1.54, 1.807) is 7.11 Å². The van der Waals surface area contributed by atoms with Gasteiger partial charge in [-0.05, 0) is 58.7 Å². The molecule has 0 unspecified atom stereocenters. The molecule has 0 saturated carbocycles. The van der Waals surface area contributed by atoms with Crippen LogP contribution in [0.3, 0.4) is 0 Å². The largest absolute Gasteiger partial charge is 0.496 e. The van der Waals surface area contributed by atoms with E-state index in [-0.39, 0.29) is 11.9 Å². The Kier molecular flexibility index (Phi) is 6.99. The minimum atomic E-state index is -0.0625. The number of hydrogen-bond donors (Lipinski definition) is 2. The van der Waals surface area contributed by atoms with Crippen molar-refractivity contribution >= 4 is 27.5 Å². The van der Waals surface area contributed by atoms with Crippen LogP contribution < -0.4 is 15.4 Å². The van der Waals surface area contributed by atoms with E-state index < -0.39 is 0 Å². The van der Waals surface area contributed by atoms with Gasteiger partial charge in [0.1, 0.15) is 11.8 Å². The summed E-state index contributed by atoms with van der Waals surface area (Å²) >= 11 is 3.48. The fourth-order valence-electron chi connectivity index (χ4n) is 2.39. The van der Waals surface area contributed by atoms with Gasteiger partial charge in [-0.15, -0.1) is 0 Å². The van der Waals surface area contributed by atoms with Crippen molar-refractivity contribution in [2.45, 2.75) is 19.4 Å². The van der Waals surface area contributed by atoms with Gasteiger partial charge in [0.25, 0.3) is 5.91 Å². The molecule has 2 rings (SSSR count). The number of amides is 1. The van der Waals surface area contributed by atoms with Gasteiger partial charge in [-0.3, -0.25) is 4.79 Å². The highest BCUT2D eigenvalue weighted by Crippen LogP contribution is 2.27. The van der Waals surface area contributed by atoms with Crippen molar-refractivity contribution in [3.63, 3.8) is 0 Å². The Bertz CT molecular complexity index is 769. The summed E-state index contributed by atoms with van der Waals surface area (Å²) in [7, 11) is 1.63. The van der Waals surface area contributed by atoms with E-state index in [2.05, 4.69) is 34.2 Å². The first-order valence-corrected chi connectivity index (χ1v) is 8.75. The van der Waals surface area contributed by atoms with Crippen molar-refractivity contribution in [3.05, 3.63) is 58.1 Å². The topological polar surface area (TPSA) is 78.7 Å². The minimum absolute atomic E-state index is 0.0625. The molecular formula is C19H21BrN3O2+. The number of benzene rings is 2. The lowest BCUT2D eigenvalue weighted by molar-refractivity contribution is -0.682. The Morgan fingerprint density at radius 2 is 2.04 bits per heavy atom. The number of nitriles is 1. The van der Waals surface area contributed by atoms with Gasteiger partial charge in [0.05, 0.1) is 24.1 Å². The van der Waals surface area contributed by atoms with E-state index >= 15 is 0 Å². The molecule has 0 aromatic heterocycles. The molecule has 130 valence electrons. The molecular weight excluding hydrogens is 382 g/mol. The molecule has 0 saturated heterocycles. The number of ether oxygens (including phenoxy) is 1. The Morgan fingerprint density at radius 3 is 2.64 bits per heavy atom. The fraction of sp³-hybridized carbons (Fsp3) is 0.263. The van der Waals surface area contributed by atoms with Crippen LogP contribution in [0, 0.1) is 11.3 Å². The molecule has 2 aromatic carbocycles. The van der Waals surface area contributed by atoms with Crippen LogP contribution in [0.25, 0.3) is 0 Å². The first-order chi connectivity index (χ1) is 12.0. The maximum Gasteiger partial charge on any atom is 0.279 e. The summed E-state index contributed by atoms with van der Waals surface area (Å²) in [6.45, 7) is 2.38. The quantitative estimate of drug-likeness (QED) is 0.746. The molecule has 0 spiro atoms. The summed E-state index contributed by atoms with van der Waals surface area (Å²) in [6.07, 6.45) is 0.372. The number of nitrogens with zero attached hydrogens (tertiary/aromatic N) is 1. The molecule has 0 aliphatic carbocycles. The van der Waals surface area contributed by atoms with Gasteiger partial charge in [0, 0.05) is 11.3 Å². The third-order valence-corrected chi connectivity index (χ3v) is 4.50. The van der Waals surface area contributed by atoms with Gasteiger partial charge in [0.2, 0.25) is 0 Å². The van der Waals surface area contributed by atoms with Gasteiger partial charge < -0.3 is 15.4 Å². The number of hydrogen-bond acceptors (Lipinski definition) is 3. The van der Waals surface area contributed by atoms with E-state index in [0.717, 1.165) is 27.0 Å². The van der Waals surface area contributed by atoms with Crippen molar-refractivity contribution in [1.82, 2.24) is 0 Å². The van der Waals surface area contributed by atoms with Crippen LogP contribution in [0.4, 0.5) is 5.69 Å². The number of anilines is 1. The van der Waals surface area contributed by atoms with Crippen LogP contribution >= 0.6 is 15.9 Å². The van der Waals surface area contributed by atoms with Crippen LogP contribution in [0.5, 0.6) is 5.75 Å². The van der Waals surface area contributed by atoms with Gasteiger partial charge in [-0.25, -0.2) is 0 Å². The van der Waals surface area contributed by atoms with E-state index in [9.17, 15) is 4.79 Å². The summed E-state index contributed by atoms with van der Waals surface area (Å²) < 4.78 is 6.13. The summed E-state index contributed by atoms with van der Waals surface area (Å²) in [5.41, 5.74) is 2.78. The molecule has 1 amide bonds. The van der Waals surface area contributed by atoms with Crippen molar-refractivity contribution < 1.29 is 14.8 Å². The molecule has 0 fully saturated rings. The Morgan fingerprint density at radius 1 is 1.32 bits per heavy atom. The molecule has 3 N–H and O–H groups in total. The average molecular weight is 403 g/mol.